The molecule has 0 spiro atoms. The fourth-order valence-corrected chi connectivity index (χ4v) is 4.00. The Morgan fingerprint density at radius 2 is 2.12 bits per heavy atom. The van der Waals surface area contributed by atoms with Crippen LogP contribution in [0.1, 0.15) is 12.0 Å². The van der Waals surface area contributed by atoms with Crippen molar-refractivity contribution in [2.45, 2.75) is 12.8 Å². The molecule has 1 aliphatic rings. The fourth-order valence-electron chi connectivity index (χ4n) is 3.28. The van der Waals surface area contributed by atoms with Gasteiger partial charge in [0.2, 0.25) is 0 Å². The number of hydrogen-bond acceptors (Lipinski definition) is 3. The highest BCUT2D eigenvalue weighted by Crippen LogP contribution is 2.45. The van der Waals surface area contributed by atoms with E-state index in [1.54, 1.807) is 0 Å². The third-order valence-corrected chi connectivity index (χ3v) is 5.25. The van der Waals surface area contributed by atoms with Crippen LogP contribution in [0.4, 0.5) is 11.4 Å². The lowest BCUT2D eigenvalue weighted by Gasteiger charge is -2.33. The third-order valence-electron chi connectivity index (χ3n) is 4.41. The quantitative estimate of drug-likeness (QED) is 0.586. The first-order valence-corrected chi connectivity index (χ1v) is 9.38. The molecule has 0 amide bonds. The number of benzene rings is 2. The second-order valence-electron chi connectivity index (χ2n) is 5.93. The molecule has 2 aromatic carbocycles. The number of fused-ring (bicyclic) bond motifs is 2. The number of H-pyrrole nitrogens is 1. The first kappa shape index (κ1) is 16.8. The number of alkyl halides is 1. The Kier molecular flexibility index (Phi) is 4.67. The highest BCUT2D eigenvalue weighted by molar-refractivity contribution is 6.38. The molecule has 4 rings (SSSR count). The van der Waals surface area contributed by atoms with Gasteiger partial charge in [-0.25, -0.2) is 0 Å². The lowest BCUT2D eigenvalue weighted by Crippen LogP contribution is -2.25. The molecule has 1 aliphatic heterocycles. The summed E-state index contributed by atoms with van der Waals surface area (Å²) < 4.78 is 5.64. The molecule has 0 saturated carbocycles. The summed E-state index contributed by atoms with van der Waals surface area (Å²) in [5.41, 5.74) is 4.20. The van der Waals surface area contributed by atoms with Gasteiger partial charge in [0.1, 0.15) is 6.61 Å². The molecule has 0 radical (unpaired) electrons. The number of aromatic amines is 1. The van der Waals surface area contributed by atoms with Crippen molar-refractivity contribution < 1.29 is 4.74 Å². The highest BCUT2D eigenvalue weighted by Gasteiger charge is 2.25. The molecular weight excluding hydrogens is 381 g/mol. The molecule has 3 aromatic rings. The molecule has 1 aromatic heterocycles. The van der Waals surface area contributed by atoms with Gasteiger partial charge in [0.05, 0.1) is 27.6 Å². The summed E-state index contributed by atoms with van der Waals surface area (Å²) >= 11 is 18.8. The molecule has 2 heterocycles. The van der Waals surface area contributed by atoms with Gasteiger partial charge in [0, 0.05) is 23.3 Å². The molecule has 7 heteroatoms. The molecule has 0 unspecified atom stereocenters. The van der Waals surface area contributed by atoms with Gasteiger partial charge in [-0.3, -0.25) is 5.10 Å². The van der Waals surface area contributed by atoms with E-state index in [2.05, 4.69) is 27.2 Å². The number of aromatic nitrogens is 2. The number of ether oxygens (including phenoxy) is 1. The standard InChI is InChI=1S/C18H16Cl3N3O/c19-5-7-25-18-14(20)9-16-13(17(18)21)2-1-6-24(16)12-3-4-15-11(8-12)10-22-23-15/h3-4,8-10H,1-2,5-7H2,(H,22,23). The van der Waals surface area contributed by atoms with Crippen LogP contribution in [0, 0.1) is 0 Å². The fraction of sp³-hybridized carbons (Fsp3) is 0.278. The maximum Gasteiger partial charge on any atom is 0.156 e. The first-order chi connectivity index (χ1) is 12.2. The van der Waals surface area contributed by atoms with Gasteiger partial charge in [-0.15, -0.1) is 11.6 Å². The maximum atomic E-state index is 6.60. The van der Waals surface area contributed by atoms with Crippen LogP contribution in [0.2, 0.25) is 10.0 Å². The average molecular weight is 397 g/mol. The molecule has 0 fully saturated rings. The normalized spacial score (nSPS) is 14.0. The smallest absolute Gasteiger partial charge is 0.156 e. The minimum atomic E-state index is 0.376. The van der Waals surface area contributed by atoms with Crippen molar-refractivity contribution in [2.24, 2.45) is 0 Å². The van der Waals surface area contributed by atoms with Crippen LogP contribution in [-0.2, 0) is 6.42 Å². The van der Waals surface area contributed by atoms with Crippen LogP contribution in [0.3, 0.4) is 0 Å². The van der Waals surface area contributed by atoms with Gasteiger partial charge in [0.25, 0.3) is 0 Å². The van der Waals surface area contributed by atoms with Gasteiger partial charge in [0.15, 0.2) is 5.75 Å². The number of hydrogen-bond donors (Lipinski definition) is 1. The topological polar surface area (TPSA) is 41.1 Å². The van der Waals surface area contributed by atoms with Crippen molar-refractivity contribution >= 4 is 57.1 Å². The highest BCUT2D eigenvalue weighted by atomic mass is 35.5. The van der Waals surface area contributed by atoms with E-state index in [-0.39, 0.29) is 0 Å². The van der Waals surface area contributed by atoms with Crippen LogP contribution < -0.4 is 9.64 Å². The summed E-state index contributed by atoms with van der Waals surface area (Å²) in [6.07, 6.45) is 3.73. The number of halogens is 3. The summed E-state index contributed by atoms with van der Waals surface area (Å²) in [7, 11) is 0. The lowest BCUT2D eigenvalue weighted by atomic mass is 10.00. The number of anilines is 2. The molecule has 1 N–H and O–H groups in total. The Bertz CT molecular complexity index is 925. The third kappa shape index (κ3) is 3.03. The van der Waals surface area contributed by atoms with Crippen LogP contribution >= 0.6 is 34.8 Å². The van der Waals surface area contributed by atoms with Crippen LogP contribution in [0.25, 0.3) is 10.9 Å². The zero-order valence-corrected chi connectivity index (χ0v) is 15.6. The van der Waals surface area contributed by atoms with Crippen molar-refractivity contribution in [3.05, 3.63) is 46.1 Å². The number of nitrogens with one attached hydrogen (secondary N) is 1. The Balaban J connectivity index is 1.79. The minimum absolute atomic E-state index is 0.376. The average Bonchev–Trinajstić information content (AvgIpc) is 3.09. The largest absolute Gasteiger partial charge is 0.489 e. The summed E-state index contributed by atoms with van der Waals surface area (Å²) in [5.74, 6) is 0.912. The second kappa shape index (κ2) is 6.94. The zero-order valence-electron chi connectivity index (χ0n) is 13.4. The van der Waals surface area contributed by atoms with Crippen molar-refractivity contribution in [3.8, 4) is 5.75 Å². The predicted molar refractivity (Wildman–Crippen MR) is 104 cm³/mol. The zero-order chi connectivity index (χ0) is 17.4. The second-order valence-corrected chi connectivity index (χ2v) is 7.10. The van der Waals surface area contributed by atoms with Crippen LogP contribution in [-0.4, -0.2) is 29.2 Å². The van der Waals surface area contributed by atoms with Crippen molar-refractivity contribution in [2.75, 3.05) is 23.9 Å². The SMILES string of the molecule is ClCCOc1c(Cl)cc2c(c1Cl)CCCN2c1ccc2[nH]ncc2c1. The molecule has 25 heavy (non-hydrogen) atoms. The number of nitrogens with zero attached hydrogens (tertiary/aromatic N) is 2. The molecular formula is C18H16Cl3N3O. The number of rotatable bonds is 4. The molecule has 0 aliphatic carbocycles. The predicted octanol–water partition coefficient (Wildman–Crippen LogP) is 5.57. The Hall–Kier alpha value is -1.62. The van der Waals surface area contributed by atoms with E-state index in [1.807, 2.05) is 18.3 Å². The monoisotopic (exact) mass is 395 g/mol. The van der Waals surface area contributed by atoms with Crippen LogP contribution in [0.15, 0.2) is 30.5 Å². The Labute approximate surface area is 160 Å². The summed E-state index contributed by atoms with van der Waals surface area (Å²) in [5, 5.41) is 9.23. The van der Waals surface area contributed by atoms with Gasteiger partial charge < -0.3 is 9.64 Å². The van der Waals surface area contributed by atoms with E-state index in [0.717, 1.165) is 47.2 Å². The van der Waals surface area contributed by atoms with E-state index in [1.165, 1.54) is 0 Å². The van der Waals surface area contributed by atoms with Crippen LogP contribution in [0.5, 0.6) is 5.75 Å². The van der Waals surface area contributed by atoms with E-state index >= 15 is 0 Å². The summed E-state index contributed by atoms with van der Waals surface area (Å²) in [6, 6.07) is 8.17. The Morgan fingerprint density at radius 1 is 1.24 bits per heavy atom. The summed E-state index contributed by atoms with van der Waals surface area (Å²) in [4.78, 5) is 2.24. The van der Waals surface area contributed by atoms with Crippen molar-refractivity contribution in [1.82, 2.24) is 10.2 Å². The Morgan fingerprint density at radius 3 is 2.96 bits per heavy atom. The van der Waals surface area contributed by atoms with Gasteiger partial charge in [-0.05, 0) is 42.7 Å². The molecule has 130 valence electrons. The molecule has 0 bridgehead atoms. The molecule has 0 atom stereocenters. The summed E-state index contributed by atoms with van der Waals surface area (Å²) in [6.45, 7) is 1.28. The first-order valence-electron chi connectivity index (χ1n) is 8.09. The lowest BCUT2D eigenvalue weighted by molar-refractivity contribution is 0.343. The molecule has 0 saturated heterocycles. The maximum absolute atomic E-state index is 6.60. The van der Waals surface area contributed by atoms with Gasteiger partial charge in [-0.2, -0.15) is 5.10 Å². The van der Waals surface area contributed by atoms with E-state index < -0.39 is 0 Å². The van der Waals surface area contributed by atoms with E-state index in [4.69, 9.17) is 39.5 Å². The molecule has 4 nitrogen and oxygen atoms in total. The van der Waals surface area contributed by atoms with E-state index in [0.29, 0.717) is 28.3 Å². The van der Waals surface area contributed by atoms with Gasteiger partial charge in [-0.1, -0.05) is 23.2 Å². The van der Waals surface area contributed by atoms with Crippen molar-refractivity contribution in [1.29, 1.82) is 0 Å². The van der Waals surface area contributed by atoms with E-state index in [9.17, 15) is 0 Å². The minimum Gasteiger partial charge on any atom is -0.489 e. The van der Waals surface area contributed by atoms with Crippen molar-refractivity contribution in [3.63, 3.8) is 0 Å². The van der Waals surface area contributed by atoms with Gasteiger partial charge >= 0.3 is 0 Å².